The number of nitrogens with zero attached hydrogens (tertiary/aromatic N) is 4. The van der Waals surface area contributed by atoms with E-state index in [0.29, 0.717) is 18.2 Å². The molecule has 1 saturated heterocycles. The van der Waals surface area contributed by atoms with Crippen molar-refractivity contribution in [3.63, 3.8) is 0 Å². The lowest BCUT2D eigenvalue weighted by molar-refractivity contribution is 0.0317. The summed E-state index contributed by atoms with van der Waals surface area (Å²) >= 11 is 0. The summed E-state index contributed by atoms with van der Waals surface area (Å²) in [6, 6.07) is 9.89. The number of H-pyrrole nitrogens is 1. The maximum absolute atomic E-state index is 5.86. The van der Waals surface area contributed by atoms with Crippen LogP contribution in [0, 0.1) is 0 Å². The number of nitrogen functional groups attached to an aromatic ring is 1. The Kier molecular flexibility index (Phi) is 5.64. The molecule has 0 spiro atoms. The van der Waals surface area contributed by atoms with Crippen LogP contribution in [-0.4, -0.2) is 65.5 Å². The van der Waals surface area contributed by atoms with Gasteiger partial charge in [0.2, 0.25) is 0 Å². The van der Waals surface area contributed by atoms with E-state index in [1.54, 1.807) is 12.3 Å². The molecule has 0 unspecified atom stereocenters. The number of aromatic amines is 1. The molecule has 3 heterocycles. The van der Waals surface area contributed by atoms with Gasteiger partial charge in [-0.05, 0) is 6.07 Å². The average molecular weight is 381 g/mol. The fourth-order valence-corrected chi connectivity index (χ4v) is 3.02. The molecule has 1 aliphatic heterocycles. The van der Waals surface area contributed by atoms with E-state index in [2.05, 4.69) is 30.4 Å². The number of morpholine rings is 1. The fraction of sp³-hybridized carbons (Fsp3) is 0.316. The van der Waals surface area contributed by atoms with Crippen LogP contribution in [0.15, 0.2) is 41.6 Å². The summed E-state index contributed by atoms with van der Waals surface area (Å²) in [6.45, 7) is 4.63. The molecule has 28 heavy (non-hydrogen) atoms. The summed E-state index contributed by atoms with van der Waals surface area (Å²) in [5, 5.41) is 5.35. The predicted octanol–water partition coefficient (Wildman–Crippen LogP) is 1.70. The number of hydrogen-bond donors (Lipinski definition) is 3. The molecule has 3 aromatic rings. The van der Waals surface area contributed by atoms with Crippen LogP contribution in [0.3, 0.4) is 0 Å². The zero-order valence-corrected chi connectivity index (χ0v) is 15.5. The number of para-hydroxylation sites is 1. The molecule has 9 heteroatoms. The van der Waals surface area contributed by atoms with Gasteiger partial charge in [-0.2, -0.15) is 15.1 Å². The van der Waals surface area contributed by atoms with E-state index < -0.39 is 0 Å². The lowest BCUT2D eigenvalue weighted by atomic mass is 10.2. The van der Waals surface area contributed by atoms with E-state index in [4.69, 9.17) is 15.2 Å². The highest BCUT2D eigenvalue weighted by Gasteiger charge is 2.10. The number of fused-ring (bicyclic) bond motifs is 1. The second kappa shape index (κ2) is 8.68. The molecule has 0 radical (unpaired) electrons. The van der Waals surface area contributed by atoms with Gasteiger partial charge in [-0.3, -0.25) is 10.3 Å². The molecular weight excluding hydrogens is 358 g/mol. The topological polar surface area (TPSA) is 114 Å². The van der Waals surface area contributed by atoms with Crippen LogP contribution in [0.25, 0.3) is 10.9 Å². The summed E-state index contributed by atoms with van der Waals surface area (Å²) in [6.07, 6.45) is 3.64. The molecule has 1 aliphatic rings. The first-order chi connectivity index (χ1) is 13.8. The first-order valence-electron chi connectivity index (χ1n) is 9.20. The molecule has 0 saturated carbocycles. The molecule has 0 atom stereocenters. The van der Waals surface area contributed by atoms with E-state index in [1.165, 1.54) is 0 Å². The van der Waals surface area contributed by atoms with E-state index in [0.717, 1.165) is 49.3 Å². The van der Waals surface area contributed by atoms with Crippen molar-refractivity contribution in [2.45, 2.75) is 0 Å². The number of hydrogen-bond acceptors (Lipinski definition) is 8. The summed E-state index contributed by atoms with van der Waals surface area (Å²) in [5.41, 5.74) is 10.8. The number of anilines is 2. The summed E-state index contributed by atoms with van der Waals surface area (Å²) in [4.78, 5) is 13.9. The molecule has 0 bridgehead atoms. The lowest BCUT2D eigenvalue weighted by Crippen LogP contribution is -2.38. The minimum atomic E-state index is 0.234. The molecular formula is C19H23N7O2. The van der Waals surface area contributed by atoms with Crippen LogP contribution in [-0.2, 0) is 4.74 Å². The van der Waals surface area contributed by atoms with Gasteiger partial charge in [-0.25, -0.2) is 0 Å². The van der Waals surface area contributed by atoms with Gasteiger partial charge < -0.3 is 20.2 Å². The SMILES string of the molecule is Nc1cc(N/N=C\c2c[nH]c3ccccc23)nc(OCCN2CCOCC2)n1. The van der Waals surface area contributed by atoms with Crippen molar-refractivity contribution in [1.82, 2.24) is 19.9 Å². The normalized spacial score (nSPS) is 15.3. The Balaban J connectivity index is 1.35. The van der Waals surface area contributed by atoms with Crippen molar-refractivity contribution in [3.05, 3.63) is 42.1 Å². The van der Waals surface area contributed by atoms with Gasteiger partial charge in [0, 0.05) is 48.4 Å². The third-order valence-electron chi connectivity index (χ3n) is 4.47. The van der Waals surface area contributed by atoms with Crippen molar-refractivity contribution >= 4 is 28.8 Å². The first-order valence-corrected chi connectivity index (χ1v) is 9.20. The Morgan fingerprint density at radius 1 is 1.29 bits per heavy atom. The minimum absolute atomic E-state index is 0.234. The number of ether oxygens (including phenoxy) is 2. The minimum Gasteiger partial charge on any atom is -0.462 e. The van der Waals surface area contributed by atoms with Gasteiger partial charge in [-0.15, -0.1) is 0 Å². The molecule has 4 rings (SSSR count). The van der Waals surface area contributed by atoms with Crippen LogP contribution >= 0.6 is 0 Å². The van der Waals surface area contributed by atoms with E-state index in [-0.39, 0.29) is 6.01 Å². The van der Waals surface area contributed by atoms with Crippen LogP contribution in [0.5, 0.6) is 6.01 Å². The van der Waals surface area contributed by atoms with Crippen LogP contribution < -0.4 is 15.9 Å². The largest absolute Gasteiger partial charge is 0.462 e. The van der Waals surface area contributed by atoms with E-state index in [9.17, 15) is 0 Å². The lowest BCUT2D eigenvalue weighted by Gasteiger charge is -2.26. The molecule has 0 aliphatic carbocycles. The third kappa shape index (κ3) is 4.56. The number of aromatic nitrogens is 3. The van der Waals surface area contributed by atoms with Gasteiger partial charge in [0.15, 0.2) is 5.82 Å². The number of nitrogens with two attached hydrogens (primary N) is 1. The maximum Gasteiger partial charge on any atom is 0.320 e. The number of nitrogens with one attached hydrogen (secondary N) is 2. The fourth-order valence-electron chi connectivity index (χ4n) is 3.02. The van der Waals surface area contributed by atoms with Crippen LogP contribution in [0.2, 0.25) is 0 Å². The molecule has 1 fully saturated rings. The zero-order chi connectivity index (χ0) is 19.2. The van der Waals surface area contributed by atoms with Crippen LogP contribution in [0.1, 0.15) is 5.56 Å². The van der Waals surface area contributed by atoms with Crippen molar-refractivity contribution in [1.29, 1.82) is 0 Å². The quantitative estimate of drug-likeness (QED) is 0.422. The molecule has 146 valence electrons. The average Bonchev–Trinajstić information content (AvgIpc) is 3.12. The smallest absolute Gasteiger partial charge is 0.320 e. The van der Waals surface area contributed by atoms with Crippen molar-refractivity contribution in [3.8, 4) is 6.01 Å². The van der Waals surface area contributed by atoms with Gasteiger partial charge in [0.25, 0.3) is 0 Å². The van der Waals surface area contributed by atoms with E-state index in [1.807, 2.05) is 30.5 Å². The van der Waals surface area contributed by atoms with Crippen LogP contribution in [0.4, 0.5) is 11.6 Å². The summed E-state index contributed by atoms with van der Waals surface area (Å²) in [7, 11) is 0. The maximum atomic E-state index is 5.86. The molecule has 9 nitrogen and oxygen atoms in total. The standard InChI is InChI=1S/C19H23N7O2/c20-17-11-18(24-19(23-17)28-10-7-26-5-8-27-9-6-26)25-22-13-14-12-21-16-4-2-1-3-15(14)16/h1-4,11-13,21H,5-10H2,(H3,20,23,24,25)/b22-13-. The first kappa shape index (κ1) is 18.2. The highest BCUT2D eigenvalue weighted by Crippen LogP contribution is 2.16. The second-order valence-electron chi connectivity index (χ2n) is 6.42. The molecule has 4 N–H and O–H groups in total. The van der Waals surface area contributed by atoms with Gasteiger partial charge in [0.05, 0.1) is 19.4 Å². The van der Waals surface area contributed by atoms with Crippen molar-refractivity contribution in [2.75, 3.05) is 50.6 Å². The van der Waals surface area contributed by atoms with Gasteiger partial charge in [-0.1, -0.05) is 18.2 Å². The van der Waals surface area contributed by atoms with Crippen molar-refractivity contribution in [2.24, 2.45) is 5.10 Å². The summed E-state index contributed by atoms with van der Waals surface area (Å²) in [5.74, 6) is 0.797. The van der Waals surface area contributed by atoms with E-state index >= 15 is 0 Å². The van der Waals surface area contributed by atoms with Gasteiger partial charge >= 0.3 is 6.01 Å². The second-order valence-corrected chi connectivity index (χ2v) is 6.42. The molecule has 1 aromatic carbocycles. The highest BCUT2D eigenvalue weighted by molar-refractivity contribution is 5.99. The van der Waals surface area contributed by atoms with Gasteiger partial charge in [0.1, 0.15) is 12.4 Å². The Labute approximate surface area is 162 Å². The molecule has 0 amide bonds. The number of benzene rings is 1. The Bertz CT molecular complexity index is 950. The number of hydrazone groups is 1. The monoisotopic (exact) mass is 381 g/mol. The zero-order valence-electron chi connectivity index (χ0n) is 15.5. The Morgan fingerprint density at radius 2 is 2.14 bits per heavy atom. The highest BCUT2D eigenvalue weighted by atomic mass is 16.5. The predicted molar refractivity (Wildman–Crippen MR) is 109 cm³/mol. The Hall–Kier alpha value is -3.17. The number of rotatable bonds is 7. The third-order valence-corrected chi connectivity index (χ3v) is 4.47. The van der Waals surface area contributed by atoms with Crippen molar-refractivity contribution < 1.29 is 9.47 Å². The molecule has 2 aromatic heterocycles. The summed E-state index contributed by atoms with van der Waals surface area (Å²) < 4.78 is 11.0. The Morgan fingerprint density at radius 3 is 3.04 bits per heavy atom.